The Morgan fingerprint density at radius 2 is 1.50 bits per heavy atom. The molecule has 0 amide bonds. The Bertz CT molecular complexity index is 428. The summed E-state index contributed by atoms with van der Waals surface area (Å²) in [6.07, 6.45) is 4.82. The molecule has 0 aliphatic rings. The molecule has 0 saturated heterocycles. The third-order valence-corrected chi connectivity index (χ3v) is 3.27. The van der Waals surface area contributed by atoms with Crippen molar-refractivity contribution >= 4 is 11.9 Å². The molecule has 0 fully saturated rings. The zero-order chi connectivity index (χ0) is 16.0. The molecule has 4 heteroatoms. The minimum Gasteiger partial charge on any atom is -0.466 e. The second-order valence-electron chi connectivity index (χ2n) is 5.24. The van der Waals surface area contributed by atoms with Crippen LogP contribution in [0, 0.1) is 0 Å². The van der Waals surface area contributed by atoms with E-state index in [1.807, 2.05) is 30.3 Å². The number of unbranched alkanes of at least 4 members (excludes halogenated alkanes) is 2. The van der Waals surface area contributed by atoms with E-state index in [0.29, 0.717) is 26.1 Å². The summed E-state index contributed by atoms with van der Waals surface area (Å²) >= 11 is 0. The van der Waals surface area contributed by atoms with Crippen LogP contribution < -0.4 is 0 Å². The normalized spacial score (nSPS) is 10.2. The zero-order valence-corrected chi connectivity index (χ0v) is 13.4. The Hall–Kier alpha value is -1.84. The van der Waals surface area contributed by atoms with Crippen LogP contribution in [0.2, 0.25) is 0 Å². The molecular weight excluding hydrogens is 280 g/mol. The molecule has 0 heterocycles. The molecule has 0 atom stereocenters. The van der Waals surface area contributed by atoms with Crippen molar-refractivity contribution in [3.05, 3.63) is 35.9 Å². The standard InChI is InChI=1S/C18H26O4/c1-2-3-7-14-21-17(19)11-8-12-18(20)22-15-13-16-9-5-4-6-10-16/h4-6,9-10H,2-3,7-8,11-15H2,1H3. The summed E-state index contributed by atoms with van der Waals surface area (Å²) in [7, 11) is 0. The summed E-state index contributed by atoms with van der Waals surface area (Å²) in [6.45, 7) is 2.96. The maximum absolute atomic E-state index is 11.5. The second kappa shape index (κ2) is 11.8. The van der Waals surface area contributed by atoms with Crippen molar-refractivity contribution in [2.24, 2.45) is 0 Å². The third kappa shape index (κ3) is 9.16. The first-order chi connectivity index (χ1) is 10.7. The maximum Gasteiger partial charge on any atom is 0.305 e. The molecule has 1 aromatic rings. The second-order valence-corrected chi connectivity index (χ2v) is 5.24. The molecule has 0 bridgehead atoms. The SMILES string of the molecule is CCCCCOC(=O)CCCC(=O)OCCc1ccccc1. The van der Waals surface area contributed by atoms with E-state index < -0.39 is 0 Å². The van der Waals surface area contributed by atoms with Gasteiger partial charge in [0.1, 0.15) is 0 Å². The van der Waals surface area contributed by atoms with Crippen LogP contribution in [0.5, 0.6) is 0 Å². The lowest BCUT2D eigenvalue weighted by Crippen LogP contribution is -2.10. The van der Waals surface area contributed by atoms with Crippen molar-refractivity contribution in [2.45, 2.75) is 51.9 Å². The summed E-state index contributed by atoms with van der Waals surface area (Å²) in [5.41, 5.74) is 1.14. The predicted molar refractivity (Wildman–Crippen MR) is 85.4 cm³/mol. The Balaban J connectivity index is 2.00. The van der Waals surface area contributed by atoms with Gasteiger partial charge in [0.2, 0.25) is 0 Å². The average Bonchev–Trinajstić information content (AvgIpc) is 2.53. The molecular formula is C18H26O4. The molecule has 0 aromatic heterocycles. The van der Waals surface area contributed by atoms with Crippen molar-refractivity contribution in [3.63, 3.8) is 0 Å². The van der Waals surface area contributed by atoms with Crippen molar-refractivity contribution in [1.29, 1.82) is 0 Å². The van der Waals surface area contributed by atoms with E-state index >= 15 is 0 Å². The van der Waals surface area contributed by atoms with Crippen molar-refractivity contribution in [2.75, 3.05) is 13.2 Å². The number of carbonyl (C=O) groups is 2. The molecule has 0 aliphatic carbocycles. The lowest BCUT2D eigenvalue weighted by atomic mass is 10.2. The minimum atomic E-state index is -0.255. The Morgan fingerprint density at radius 1 is 0.864 bits per heavy atom. The first-order valence-corrected chi connectivity index (χ1v) is 8.07. The topological polar surface area (TPSA) is 52.6 Å². The van der Waals surface area contributed by atoms with E-state index in [-0.39, 0.29) is 24.8 Å². The van der Waals surface area contributed by atoms with Crippen LogP contribution in [-0.4, -0.2) is 25.2 Å². The van der Waals surface area contributed by atoms with Gasteiger partial charge in [0.05, 0.1) is 13.2 Å². The highest BCUT2D eigenvalue weighted by Gasteiger charge is 2.07. The van der Waals surface area contributed by atoms with E-state index in [4.69, 9.17) is 9.47 Å². The number of ether oxygens (including phenoxy) is 2. The summed E-state index contributed by atoms with van der Waals surface area (Å²) in [6, 6.07) is 9.88. The smallest absolute Gasteiger partial charge is 0.305 e. The van der Waals surface area contributed by atoms with E-state index in [0.717, 1.165) is 24.8 Å². The Kier molecular flexibility index (Phi) is 9.75. The van der Waals surface area contributed by atoms with Gasteiger partial charge in [-0.3, -0.25) is 9.59 Å². The Morgan fingerprint density at radius 3 is 2.14 bits per heavy atom. The van der Waals surface area contributed by atoms with Crippen LogP contribution in [0.1, 0.15) is 51.0 Å². The quantitative estimate of drug-likeness (QED) is 0.462. The fourth-order valence-corrected chi connectivity index (χ4v) is 1.99. The van der Waals surface area contributed by atoms with Crippen molar-refractivity contribution < 1.29 is 19.1 Å². The molecule has 1 rings (SSSR count). The lowest BCUT2D eigenvalue weighted by Gasteiger charge is -2.06. The van der Waals surface area contributed by atoms with Crippen LogP contribution in [0.15, 0.2) is 30.3 Å². The first kappa shape index (κ1) is 18.2. The number of hydrogen-bond acceptors (Lipinski definition) is 4. The van der Waals surface area contributed by atoms with Gasteiger partial charge in [-0.05, 0) is 18.4 Å². The van der Waals surface area contributed by atoms with Gasteiger partial charge in [-0.25, -0.2) is 0 Å². The first-order valence-electron chi connectivity index (χ1n) is 8.07. The van der Waals surface area contributed by atoms with Gasteiger partial charge in [-0.2, -0.15) is 0 Å². The van der Waals surface area contributed by atoms with Gasteiger partial charge in [0.25, 0.3) is 0 Å². The molecule has 0 N–H and O–H groups in total. The number of benzene rings is 1. The van der Waals surface area contributed by atoms with Gasteiger partial charge < -0.3 is 9.47 Å². The monoisotopic (exact) mass is 306 g/mol. The molecule has 0 unspecified atom stereocenters. The van der Waals surface area contributed by atoms with Crippen molar-refractivity contribution in [1.82, 2.24) is 0 Å². The lowest BCUT2D eigenvalue weighted by molar-refractivity contribution is -0.145. The van der Waals surface area contributed by atoms with Crippen LogP contribution in [-0.2, 0) is 25.5 Å². The highest BCUT2D eigenvalue weighted by Crippen LogP contribution is 2.03. The highest BCUT2D eigenvalue weighted by atomic mass is 16.5. The summed E-state index contributed by atoms with van der Waals surface area (Å²) in [4.78, 5) is 23.0. The van der Waals surface area contributed by atoms with Gasteiger partial charge >= 0.3 is 11.9 Å². The average molecular weight is 306 g/mol. The molecule has 1 aromatic carbocycles. The minimum absolute atomic E-state index is 0.229. The van der Waals surface area contributed by atoms with Crippen LogP contribution in [0.3, 0.4) is 0 Å². The zero-order valence-electron chi connectivity index (χ0n) is 13.4. The third-order valence-electron chi connectivity index (χ3n) is 3.27. The predicted octanol–water partition coefficient (Wildman–Crippen LogP) is 3.68. The van der Waals surface area contributed by atoms with Crippen molar-refractivity contribution in [3.8, 4) is 0 Å². The number of hydrogen-bond donors (Lipinski definition) is 0. The summed E-state index contributed by atoms with van der Waals surface area (Å²) in [5.74, 6) is -0.483. The fourth-order valence-electron chi connectivity index (χ4n) is 1.99. The van der Waals surface area contributed by atoms with E-state index in [1.165, 1.54) is 0 Å². The number of carbonyl (C=O) groups excluding carboxylic acids is 2. The van der Waals surface area contributed by atoms with Crippen LogP contribution in [0.4, 0.5) is 0 Å². The summed E-state index contributed by atoms with van der Waals surface area (Å²) < 4.78 is 10.2. The fraction of sp³-hybridized carbons (Fsp3) is 0.556. The Labute approximate surface area is 132 Å². The molecule has 0 saturated carbocycles. The number of rotatable bonds is 11. The van der Waals surface area contributed by atoms with Gasteiger partial charge in [0.15, 0.2) is 0 Å². The van der Waals surface area contributed by atoms with Crippen LogP contribution in [0.25, 0.3) is 0 Å². The van der Waals surface area contributed by atoms with Crippen LogP contribution >= 0.6 is 0 Å². The van der Waals surface area contributed by atoms with E-state index in [1.54, 1.807) is 0 Å². The van der Waals surface area contributed by atoms with E-state index in [2.05, 4.69) is 6.92 Å². The molecule has 0 radical (unpaired) electrons. The largest absolute Gasteiger partial charge is 0.466 e. The molecule has 4 nitrogen and oxygen atoms in total. The van der Waals surface area contributed by atoms with Gasteiger partial charge in [0, 0.05) is 19.3 Å². The van der Waals surface area contributed by atoms with E-state index in [9.17, 15) is 9.59 Å². The maximum atomic E-state index is 11.5. The van der Waals surface area contributed by atoms with Gasteiger partial charge in [-0.1, -0.05) is 50.1 Å². The summed E-state index contributed by atoms with van der Waals surface area (Å²) in [5, 5.41) is 0. The number of esters is 2. The van der Waals surface area contributed by atoms with Gasteiger partial charge in [-0.15, -0.1) is 0 Å². The highest BCUT2D eigenvalue weighted by molar-refractivity contribution is 5.72. The molecule has 22 heavy (non-hydrogen) atoms. The molecule has 122 valence electrons. The molecule has 0 spiro atoms. The molecule has 0 aliphatic heterocycles.